The number of hydrogen-bond acceptors (Lipinski definition) is 7. The van der Waals surface area contributed by atoms with E-state index in [1.165, 1.54) is 5.39 Å². The zero-order valence-corrected chi connectivity index (χ0v) is 15.2. The summed E-state index contributed by atoms with van der Waals surface area (Å²) in [6.07, 6.45) is 1.82. The maximum atomic E-state index is 8.92. The summed E-state index contributed by atoms with van der Waals surface area (Å²) in [5.74, 6) is 0. The third-order valence-corrected chi connectivity index (χ3v) is 5.49. The maximum Gasteiger partial charge on any atom is 0.110 e. The number of aliphatic hydroxyl groups is 1. The molecule has 4 rings (SSSR count). The number of nitrogens with zero attached hydrogens (tertiary/aromatic N) is 3. The molecule has 0 aliphatic carbocycles. The summed E-state index contributed by atoms with van der Waals surface area (Å²) in [5, 5.41) is 22.6. The van der Waals surface area contributed by atoms with Gasteiger partial charge in [-0.15, -0.1) is 0 Å². The largest absolute Gasteiger partial charge is 0.395 e. The summed E-state index contributed by atoms with van der Waals surface area (Å²) >= 11 is 1.68. The number of benzene rings is 1. The van der Waals surface area contributed by atoms with Gasteiger partial charge in [0.15, 0.2) is 0 Å². The predicted molar refractivity (Wildman–Crippen MR) is 105 cm³/mol. The minimum Gasteiger partial charge on any atom is -0.395 e. The Morgan fingerprint density at radius 2 is 2.12 bits per heavy atom. The van der Waals surface area contributed by atoms with Crippen molar-refractivity contribution in [3.63, 3.8) is 0 Å². The van der Waals surface area contributed by atoms with Crippen molar-refractivity contribution in [2.24, 2.45) is 5.73 Å². The molecule has 0 fully saturated rings. The second kappa shape index (κ2) is 7.63. The van der Waals surface area contributed by atoms with Gasteiger partial charge in [0.2, 0.25) is 0 Å². The smallest absolute Gasteiger partial charge is 0.110 e. The van der Waals surface area contributed by atoms with Crippen molar-refractivity contribution in [1.82, 2.24) is 20.1 Å². The van der Waals surface area contributed by atoms with Crippen molar-refractivity contribution in [3.05, 3.63) is 30.5 Å². The molecule has 0 bridgehead atoms. The van der Waals surface area contributed by atoms with Crippen LogP contribution in [0, 0.1) is 0 Å². The molecule has 0 radical (unpaired) electrons. The summed E-state index contributed by atoms with van der Waals surface area (Å²) < 4.78 is 2.04. The van der Waals surface area contributed by atoms with E-state index in [4.69, 9.17) is 15.9 Å². The predicted octanol–water partition coefficient (Wildman–Crippen LogP) is 1.52. The fourth-order valence-corrected chi connectivity index (χ4v) is 4.32. The quantitative estimate of drug-likeness (QED) is 0.349. The van der Waals surface area contributed by atoms with Gasteiger partial charge in [-0.3, -0.25) is 4.68 Å². The number of fused-ring (bicyclic) bond motifs is 2. The number of anilines is 1. The number of nitrogens with one attached hydrogen (secondary N) is 2. The van der Waals surface area contributed by atoms with Crippen molar-refractivity contribution >= 4 is 28.4 Å². The first-order chi connectivity index (χ1) is 12.8. The first-order valence-corrected chi connectivity index (χ1v) is 9.57. The lowest BCUT2D eigenvalue weighted by molar-refractivity contribution is 0.291. The van der Waals surface area contributed by atoms with Crippen LogP contribution in [-0.4, -0.2) is 52.7 Å². The highest BCUT2D eigenvalue weighted by Crippen LogP contribution is 2.49. The molecule has 1 aliphatic heterocycles. The average Bonchev–Trinajstić information content (AvgIpc) is 3.05. The molecule has 5 N–H and O–H groups in total. The highest BCUT2D eigenvalue weighted by Gasteiger charge is 2.26. The van der Waals surface area contributed by atoms with Crippen LogP contribution < -0.4 is 16.4 Å². The van der Waals surface area contributed by atoms with Crippen LogP contribution in [0.4, 0.5) is 5.69 Å². The van der Waals surface area contributed by atoms with Crippen LogP contribution in [-0.2, 0) is 6.54 Å². The van der Waals surface area contributed by atoms with Crippen LogP contribution >= 0.6 is 11.8 Å². The Labute approximate surface area is 156 Å². The molecule has 1 aromatic carbocycles. The standard InChI is InChI=1S/C18H22N6OS/c19-5-7-21-13-3-4-14-15-16(23-24(14)10-8-20-9-11-25)12-2-1-6-22-18(12)26-17(13)15/h1-4,6,20-21,25H,5,7-11,19H2. The third-order valence-electron chi connectivity index (χ3n) is 4.35. The Bertz CT molecular complexity index is 925. The highest BCUT2D eigenvalue weighted by atomic mass is 32.2. The van der Waals surface area contributed by atoms with Crippen LogP contribution in [0.2, 0.25) is 0 Å². The second-order valence-corrected chi connectivity index (χ2v) is 7.05. The van der Waals surface area contributed by atoms with Gasteiger partial charge in [0.05, 0.1) is 18.7 Å². The van der Waals surface area contributed by atoms with E-state index in [0.29, 0.717) is 13.1 Å². The first kappa shape index (κ1) is 17.3. The van der Waals surface area contributed by atoms with E-state index in [2.05, 4.69) is 33.8 Å². The molecule has 7 nitrogen and oxygen atoms in total. The zero-order valence-electron chi connectivity index (χ0n) is 14.4. The van der Waals surface area contributed by atoms with Crippen molar-refractivity contribution in [3.8, 4) is 11.3 Å². The molecule has 2 aromatic heterocycles. The molecular weight excluding hydrogens is 348 g/mol. The fraction of sp³-hybridized carbons (Fsp3) is 0.333. The second-order valence-electron chi connectivity index (χ2n) is 6.06. The van der Waals surface area contributed by atoms with Gasteiger partial charge in [-0.25, -0.2) is 4.98 Å². The van der Waals surface area contributed by atoms with E-state index in [0.717, 1.165) is 52.0 Å². The number of pyridine rings is 1. The summed E-state index contributed by atoms with van der Waals surface area (Å²) in [5.41, 5.74) is 9.91. The van der Waals surface area contributed by atoms with Crippen molar-refractivity contribution in [1.29, 1.82) is 0 Å². The van der Waals surface area contributed by atoms with Gasteiger partial charge < -0.3 is 21.5 Å². The lowest BCUT2D eigenvalue weighted by Gasteiger charge is -2.18. The van der Waals surface area contributed by atoms with Crippen molar-refractivity contribution in [2.75, 3.05) is 38.1 Å². The Morgan fingerprint density at radius 1 is 1.19 bits per heavy atom. The third kappa shape index (κ3) is 3.05. The Kier molecular flexibility index (Phi) is 5.07. The minimum atomic E-state index is 0.140. The highest BCUT2D eigenvalue weighted by molar-refractivity contribution is 7.99. The van der Waals surface area contributed by atoms with Crippen LogP contribution in [0.5, 0.6) is 0 Å². The summed E-state index contributed by atoms with van der Waals surface area (Å²) in [4.78, 5) is 5.70. The van der Waals surface area contributed by atoms with Crippen LogP contribution in [0.1, 0.15) is 0 Å². The molecular formula is C18H22N6OS. The summed E-state index contributed by atoms with van der Waals surface area (Å²) in [6, 6.07) is 8.24. The number of aromatic nitrogens is 3. The number of nitrogens with two attached hydrogens (primary N) is 1. The lowest BCUT2D eigenvalue weighted by atomic mass is 10.1. The minimum absolute atomic E-state index is 0.140. The fourth-order valence-electron chi connectivity index (χ4n) is 3.19. The zero-order chi connectivity index (χ0) is 17.9. The number of aliphatic hydroxyl groups excluding tert-OH is 1. The summed E-state index contributed by atoms with van der Waals surface area (Å²) in [7, 11) is 0. The van der Waals surface area contributed by atoms with E-state index < -0.39 is 0 Å². The molecule has 26 heavy (non-hydrogen) atoms. The molecule has 0 saturated heterocycles. The Balaban J connectivity index is 1.80. The Morgan fingerprint density at radius 3 is 2.96 bits per heavy atom. The van der Waals surface area contributed by atoms with Gasteiger partial charge in [0.1, 0.15) is 10.7 Å². The topological polar surface area (TPSA) is 101 Å². The van der Waals surface area contributed by atoms with Gasteiger partial charge in [0.25, 0.3) is 0 Å². The van der Waals surface area contributed by atoms with Crippen LogP contribution in [0.25, 0.3) is 22.2 Å². The normalized spacial score (nSPS) is 12.4. The molecule has 8 heteroatoms. The molecule has 136 valence electrons. The van der Waals surface area contributed by atoms with Gasteiger partial charge >= 0.3 is 0 Å². The van der Waals surface area contributed by atoms with E-state index in [9.17, 15) is 0 Å². The average molecular weight is 370 g/mol. The van der Waals surface area contributed by atoms with Gasteiger partial charge in [-0.05, 0) is 24.3 Å². The van der Waals surface area contributed by atoms with Gasteiger partial charge in [-0.2, -0.15) is 5.10 Å². The van der Waals surface area contributed by atoms with E-state index in [1.54, 1.807) is 11.8 Å². The molecule has 0 unspecified atom stereocenters. The number of hydrogen-bond donors (Lipinski definition) is 4. The van der Waals surface area contributed by atoms with Crippen LogP contribution in [0.3, 0.4) is 0 Å². The molecule has 0 spiro atoms. The molecule has 1 aliphatic rings. The van der Waals surface area contributed by atoms with Crippen LogP contribution in [0.15, 0.2) is 40.4 Å². The molecule has 0 saturated carbocycles. The molecule has 0 atom stereocenters. The summed E-state index contributed by atoms with van der Waals surface area (Å²) in [6.45, 7) is 3.54. The van der Waals surface area contributed by atoms with E-state index in [-0.39, 0.29) is 6.61 Å². The Hall–Kier alpha value is -2.13. The van der Waals surface area contributed by atoms with E-state index in [1.807, 2.05) is 16.9 Å². The molecule has 3 aromatic rings. The number of rotatable bonds is 8. The SMILES string of the molecule is NCCNc1ccc2c3c(nn2CCNCCO)-c2cccnc2Sc13. The molecule has 3 heterocycles. The van der Waals surface area contributed by atoms with Crippen molar-refractivity contribution < 1.29 is 5.11 Å². The first-order valence-electron chi connectivity index (χ1n) is 8.75. The molecule has 0 amide bonds. The maximum absolute atomic E-state index is 8.92. The monoisotopic (exact) mass is 370 g/mol. The van der Waals surface area contributed by atoms with E-state index >= 15 is 0 Å². The van der Waals surface area contributed by atoms with Gasteiger partial charge in [-0.1, -0.05) is 11.8 Å². The lowest BCUT2D eigenvalue weighted by Crippen LogP contribution is -2.23. The van der Waals surface area contributed by atoms with Gasteiger partial charge in [0, 0.05) is 53.9 Å². The van der Waals surface area contributed by atoms with Crippen molar-refractivity contribution in [2.45, 2.75) is 16.5 Å².